The number of hydrogen-bond donors (Lipinski definition) is 2. The highest BCUT2D eigenvalue weighted by atomic mass is 79.9. The van der Waals surface area contributed by atoms with Crippen molar-refractivity contribution in [3.05, 3.63) is 74.1 Å². The molecule has 5 aromatic rings. The SMILES string of the molecule is O=P(O)(O)COc1c(Br)cc(-c2c3ccccc3c(Br)c3sc4ccccc4c23)cc1Br. The Morgan fingerprint density at radius 1 is 0.875 bits per heavy atom. The smallest absolute Gasteiger partial charge is 0.362 e. The number of thiophene rings is 1. The average molecular weight is 657 g/mol. The first-order valence-electron chi connectivity index (χ1n) is 9.43. The van der Waals surface area contributed by atoms with Gasteiger partial charge in [0.05, 0.1) is 13.6 Å². The molecule has 2 N–H and O–H groups in total. The molecule has 0 amide bonds. The van der Waals surface area contributed by atoms with Crippen molar-refractivity contribution in [2.75, 3.05) is 6.35 Å². The highest BCUT2D eigenvalue weighted by Crippen LogP contribution is 2.50. The molecule has 4 aromatic carbocycles. The molecule has 0 spiro atoms. The van der Waals surface area contributed by atoms with E-state index in [0.29, 0.717) is 14.7 Å². The van der Waals surface area contributed by atoms with Crippen LogP contribution in [0.15, 0.2) is 74.1 Å². The first-order valence-corrected chi connectivity index (χ1v) is 14.4. The van der Waals surface area contributed by atoms with Crippen LogP contribution in [0.5, 0.6) is 5.75 Å². The zero-order chi connectivity index (χ0) is 22.6. The predicted molar refractivity (Wildman–Crippen MR) is 143 cm³/mol. The quantitative estimate of drug-likeness (QED) is 0.190. The van der Waals surface area contributed by atoms with E-state index in [9.17, 15) is 14.4 Å². The van der Waals surface area contributed by atoms with Crippen LogP contribution in [-0.2, 0) is 4.57 Å². The predicted octanol–water partition coefficient (Wildman–Crippen LogP) is 8.68. The summed E-state index contributed by atoms with van der Waals surface area (Å²) in [6.07, 6.45) is -0.690. The van der Waals surface area contributed by atoms with Crippen LogP contribution in [0.1, 0.15) is 0 Å². The van der Waals surface area contributed by atoms with E-state index in [4.69, 9.17) is 4.74 Å². The number of fused-ring (bicyclic) bond motifs is 4. The van der Waals surface area contributed by atoms with E-state index in [1.165, 1.54) is 20.2 Å². The van der Waals surface area contributed by atoms with Gasteiger partial charge in [0, 0.05) is 19.9 Å². The molecule has 9 heteroatoms. The standard InChI is InChI=1S/C23H14Br3O4PS/c24-16-9-12(10-17(25)22(16)30-11-31(27,28)29)19-13-5-1-2-6-14(13)21(26)23-20(19)15-7-3-4-8-18(15)32-23/h1-10H,11H2,(H2,27,28,29). The Balaban J connectivity index is 1.84. The first kappa shape index (κ1) is 22.5. The Hall–Kier alpha value is -1.25. The van der Waals surface area contributed by atoms with Crippen molar-refractivity contribution in [3.8, 4) is 16.9 Å². The molecule has 5 rings (SSSR count). The summed E-state index contributed by atoms with van der Waals surface area (Å²) >= 11 is 12.7. The van der Waals surface area contributed by atoms with Gasteiger partial charge in [0.25, 0.3) is 0 Å². The van der Waals surface area contributed by atoms with E-state index in [2.05, 4.69) is 72.1 Å². The third kappa shape index (κ3) is 3.96. The van der Waals surface area contributed by atoms with Crippen LogP contribution in [0.3, 0.4) is 0 Å². The molecular formula is C23H14Br3O4PS. The van der Waals surface area contributed by atoms with Gasteiger partial charge in [0.1, 0.15) is 5.75 Å². The highest BCUT2D eigenvalue weighted by Gasteiger charge is 2.21. The average Bonchev–Trinajstić information content (AvgIpc) is 3.12. The maximum absolute atomic E-state index is 11.3. The van der Waals surface area contributed by atoms with Crippen molar-refractivity contribution in [1.82, 2.24) is 0 Å². The zero-order valence-electron chi connectivity index (χ0n) is 16.2. The van der Waals surface area contributed by atoms with Crippen molar-refractivity contribution in [3.63, 3.8) is 0 Å². The molecule has 0 saturated carbocycles. The van der Waals surface area contributed by atoms with Gasteiger partial charge in [-0.05, 0) is 87.9 Å². The number of hydrogen-bond acceptors (Lipinski definition) is 3. The number of ether oxygens (including phenoxy) is 1. The Labute approximate surface area is 212 Å². The van der Waals surface area contributed by atoms with Gasteiger partial charge >= 0.3 is 7.60 Å². The highest BCUT2D eigenvalue weighted by molar-refractivity contribution is 9.11. The molecule has 32 heavy (non-hydrogen) atoms. The molecule has 0 aliphatic carbocycles. The van der Waals surface area contributed by atoms with E-state index in [1.807, 2.05) is 36.4 Å². The van der Waals surface area contributed by atoms with Crippen LogP contribution in [-0.4, -0.2) is 16.1 Å². The summed E-state index contributed by atoms with van der Waals surface area (Å²) in [5, 5.41) is 4.58. The summed E-state index contributed by atoms with van der Waals surface area (Å²) < 4.78 is 21.4. The number of rotatable bonds is 4. The molecule has 0 saturated heterocycles. The van der Waals surface area contributed by atoms with E-state index >= 15 is 0 Å². The zero-order valence-corrected chi connectivity index (χ0v) is 22.6. The van der Waals surface area contributed by atoms with Crippen LogP contribution in [0, 0.1) is 0 Å². The molecule has 0 unspecified atom stereocenters. The molecule has 0 aliphatic heterocycles. The van der Waals surface area contributed by atoms with Gasteiger partial charge in [0.2, 0.25) is 0 Å². The Kier molecular flexibility index (Phi) is 5.99. The molecular weight excluding hydrogens is 643 g/mol. The Morgan fingerprint density at radius 3 is 2.12 bits per heavy atom. The van der Waals surface area contributed by atoms with Gasteiger partial charge in [-0.15, -0.1) is 11.3 Å². The molecule has 0 fully saturated rings. The van der Waals surface area contributed by atoms with Crippen LogP contribution in [0.4, 0.5) is 0 Å². The fourth-order valence-corrected chi connectivity index (χ4v) is 7.55. The third-order valence-electron chi connectivity index (χ3n) is 5.14. The monoisotopic (exact) mass is 654 g/mol. The molecule has 0 radical (unpaired) electrons. The van der Waals surface area contributed by atoms with E-state index < -0.39 is 13.9 Å². The first-order chi connectivity index (χ1) is 15.2. The van der Waals surface area contributed by atoms with Gasteiger partial charge < -0.3 is 14.5 Å². The van der Waals surface area contributed by atoms with Crippen molar-refractivity contribution in [2.24, 2.45) is 0 Å². The molecule has 0 bridgehead atoms. The second-order valence-corrected chi connectivity index (χ2v) is 12.4. The summed E-state index contributed by atoms with van der Waals surface area (Å²) in [5.41, 5.74) is 2.06. The van der Waals surface area contributed by atoms with Crippen LogP contribution >= 0.6 is 66.7 Å². The number of benzene rings is 4. The normalized spacial score (nSPS) is 12.2. The lowest BCUT2D eigenvalue weighted by atomic mass is 9.93. The van der Waals surface area contributed by atoms with Crippen molar-refractivity contribution in [2.45, 2.75) is 0 Å². The Bertz CT molecular complexity index is 1550. The minimum absolute atomic E-state index is 0.352. The summed E-state index contributed by atoms with van der Waals surface area (Å²) in [6.45, 7) is 0. The lowest BCUT2D eigenvalue weighted by molar-refractivity contribution is 0.298. The largest absolute Gasteiger partial charge is 0.479 e. The summed E-state index contributed by atoms with van der Waals surface area (Å²) in [4.78, 5) is 18.4. The Morgan fingerprint density at radius 2 is 1.47 bits per heavy atom. The lowest BCUT2D eigenvalue weighted by Crippen LogP contribution is -1.99. The van der Waals surface area contributed by atoms with Gasteiger partial charge in [-0.3, -0.25) is 4.57 Å². The van der Waals surface area contributed by atoms with E-state index in [1.54, 1.807) is 11.3 Å². The second-order valence-electron chi connectivity index (χ2n) is 7.24. The second kappa shape index (κ2) is 8.51. The van der Waals surface area contributed by atoms with E-state index in [-0.39, 0.29) is 0 Å². The maximum Gasteiger partial charge on any atom is 0.362 e. The molecule has 1 heterocycles. The topological polar surface area (TPSA) is 66.8 Å². The maximum atomic E-state index is 11.3. The lowest BCUT2D eigenvalue weighted by Gasteiger charge is -2.16. The molecule has 1 aromatic heterocycles. The molecule has 162 valence electrons. The van der Waals surface area contributed by atoms with Gasteiger partial charge in [-0.2, -0.15) is 0 Å². The van der Waals surface area contributed by atoms with Crippen molar-refractivity contribution in [1.29, 1.82) is 0 Å². The van der Waals surface area contributed by atoms with Gasteiger partial charge in [0.15, 0.2) is 6.35 Å². The molecule has 4 nitrogen and oxygen atoms in total. The van der Waals surface area contributed by atoms with Crippen LogP contribution < -0.4 is 4.74 Å². The van der Waals surface area contributed by atoms with Crippen LogP contribution in [0.25, 0.3) is 42.1 Å². The molecule has 0 atom stereocenters. The van der Waals surface area contributed by atoms with Crippen molar-refractivity contribution >= 4 is 97.7 Å². The minimum atomic E-state index is -4.30. The van der Waals surface area contributed by atoms with Crippen molar-refractivity contribution < 1.29 is 19.1 Å². The minimum Gasteiger partial charge on any atom is -0.479 e. The van der Waals surface area contributed by atoms with Crippen LogP contribution in [0.2, 0.25) is 0 Å². The summed E-state index contributed by atoms with van der Waals surface area (Å²) in [5.74, 6) is 0.352. The number of halogens is 3. The molecule has 0 aliphatic rings. The summed E-state index contributed by atoms with van der Waals surface area (Å²) in [6, 6.07) is 20.5. The van der Waals surface area contributed by atoms with E-state index in [0.717, 1.165) is 26.4 Å². The fourth-order valence-electron chi connectivity index (χ4n) is 3.89. The fraction of sp³-hybridized carbons (Fsp3) is 0.0435. The van der Waals surface area contributed by atoms with Gasteiger partial charge in [-0.1, -0.05) is 42.5 Å². The van der Waals surface area contributed by atoms with Gasteiger partial charge in [-0.25, -0.2) is 0 Å². The summed E-state index contributed by atoms with van der Waals surface area (Å²) in [7, 11) is -4.30. The third-order valence-corrected chi connectivity index (χ3v) is 9.06.